The minimum atomic E-state index is -3.70. The Labute approximate surface area is 111 Å². The van der Waals surface area contributed by atoms with Gasteiger partial charge < -0.3 is 5.73 Å². The van der Waals surface area contributed by atoms with Crippen LogP contribution < -0.4 is 5.73 Å². The molecule has 1 heterocycles. The number of piperidine rings is 1. The van der Waals surface area contributed by atoms with Crippen molar-refractivity contribution in [2.45, 2.75) is 23.8 Å². The second kappa shape index (κ2) is 5.24. The quantitative estimate of drug-likeness (QED) is 0.650. The zero-order valence-corrected chi connectivity index (χ0v) is 11.0. The maximum atomic E-state index is 12.4. The Kier molecular flexibility index (Phi) is 3.83. The highest BCUT2D eigenvalue weighted by Crippen LogP contribution is 2.23. The Balaban J connectivity index is 2.33. The number of benzene rings is 1. The third-order valence-electron chi connectivity index (χ3n) is 3.09. The molecule has 0 aromatic heterocycles. The lowest BCUT2D eigenvalue weighted by atomic mass is 10.1. The first kappa shape index (κ1) is 13.9. The molecule has 1 fully saturated rings. The zero-order chi connectivity index (χ0) is 14.0. The molecule has 1 aromatic carbocycles. The van der Waals surface area contributed by atoms with E-state index in [1.165, 1.54) is 22.5 Å². The van der Waals surface area contributed by atoms with Crippen LogP contribution in [-0.4, -0.2) is 36.8 Å². The molecule has 104 valence electrons. The van der Waals surface area contributed by atoms with Crippen molar-refractivity contribution in [2.24, 2.45) is 5.73 Å². The van der Waals surface area contributed by atoms with E-state index in [1.807, 2.05) is 0 Å². The van der Waals surface area contributed by atoms with Gasteiger partial charge in [-0.25, -0.2) is 8.42 Å². The van der Waals surface area contributed by atoms with E-state index >= 15 is 0 Å². The summed E-state index contributed by atoms with van der Waals surface area (Å²) in [5, 5.41) is 10.7. The average Bonchev–Trinajstić information content (AvgIpc) is 2.39. The first-order valence-corrected chi connectivity index (χ1v) is 7.35. The van der Waals surface area contributed by atoms with Crippen LogP contribution in [0.4, 0.5) is 5.69 Å². The van der Waals surface area contributed by atoms with Gasteiger partial charge in [0.15, 0.2) is 0 Å². The lowest BCUT2D eigenvalue weighted by Crippen LogP contribution is -2.45. The number of hydrogen-bond acceptors (Lipinski definition) is 5. The normalized spacial score (nSPS) is 21.2. The summed E-state index contributed by atoms with van der Waals surface area (Å²) in [6.45, 7) is 0.656. The molecular formula is C11H15N3O4S. The van der Waals surface area contributed by atoms with Gasteiger partial charge in [0.2, 0.25) is 10.0 Å². The molecule has 8 heteroatoms. The number of nitrogens with two attached hydrogens (primary N) is 1. The Hall–Kier alpha value is -1.51. The fourth-order valence-electron chi connectivity index (χ4n) is 2.10. The number of rotatable bonds is 3. The van der Waals surface area contributed by atoms with Gasteiger partial charge in [0, 0.05) is 31.3 Å². The van der Waals surface area contributed by atoms with Crippen LogP contribution in [0.1, 0.15) is 12.8 Å². The van der Waals surface area contributed by atoms with E-state index in [1.54, 1.807) is 0 Å². The number of nitro benzene ring substituents is 1. The highest BCUT2D eigenvalue weighted by atomic mass is 32.2. The van der Waals surface area contributed by atoms with E-state index in [-0.39, 0.29) is 23.2 Å². The molecule has 2 rings (SSSR count). The summed E-state index contributed by atoms with van der Waals surface area (Å²) in [6.07, 6.45) is 1.50. The first-order chi connectivity index (χ1) is 8.91. The van der Waals surface area contributed by atoms with Gasteiger partial charge in [0.05, 0.1) is 9.82 Å². The fourth-order valence-corrected chi connectivity index (χ4v) is 3.67. The summed E-state index contributed by atoms with van der Waals surface area (Å²) in [4.78, 5) is 10.0. The summed E-state index contributed by atoms with van der Waals surface area (Å²) in [5.41, 5.74) is 5.53. The largest absolute Gasteiger partial charge is 0.327 e. The maximum absolute atomic E-state index is 12.4. The molecule has 7 nitrogen and oxygen atoms in total. The first-order valence-electron chi connectivity index (χ1n) is 5.91. The summed E-state index contributed by atoms with van der Waals surface area (Å²) in [7, 11) is -3.70. The van der Waals surface area contributed by atoms with E-state index in [0.717, 1.165) is 12.5 Å². The highest BCUT2D eigenvalue weighted by Gasteiger charge is 2.29. The lowest BCUT2D eigenvalue weighted by Gasteiger charge is -2.29. The van der Waals surface area contributed by atoms with Gasteiger partial charge >= 0.3 is 0 Å². The Morgan fingerprint density at radius 1 is 1.42 bits per heavy atom. The molecule has 0 bridgehead atoms. The second-order valence-corrected chi connectivity index (χ2v) is 6.46. The summed E-state index contributed by atoms with van der Waals surface area (Å²) in [6, 6.07) is 4.90. The number of hydrogen-bond donors (Lipinski definition) is 1. The summed E-state index contributed by atoms with van der Waals surface area (Å²) in [5.74, 6) is 0. The molecule has 0 amide bonds. The minimum Gasteiger partial charge on any atom is -0.327 e. The number of sulfonamides is 1. The molecular weight excluding hydrogens is 270 g/mol. The van der Waals surface area contributed by atoms with E-state index in [0.29, 0.717) is 13.0 Å². The van der Waals surface area contributed by atoms with Gasteiger partial charge in [-0.3, -0.25) is 10.1 Å². The summed E-state index contributed by atoms with van der Waals surface area (Å²) < 4.78 is 26.0. The molecule has 1 aliphatic heterocycles. The van der Waals surface area contributed by atoms with Gasteiger partial charge in [-0.05, 0) is 18.9 Å². The number of nitrogens with zero attached hydrogens (tertiary/aromatic N) is 2. The maximum Gasteiger partial charge on any atom is 0.270 e. The SMILES string of the molecule is NC1CCCN(S(=O)(=O)c2cccc([N+](=O)[O-])c2)C1. The minimum absolute atomic E-state index is 0.0594. The van der Waals surface area contributed by atoms with Gasteiger partial charge in [-0.2, -0.15) is 4.31 Å². The number of nitro groups is 1. The van der Waals surface area contributed by atoms with Crippen molar-refractivity contribution in [1.29, 1.82) is 0 Å². The molecule has 0 spiro atoms. The van der Waals surface area contributed by atoms with Crippen molar-refractivity contribution in [3.05, 3.63) is 34.4 Å². The molecule has 1 atom stereocenters. The fraction of sp³-hybridized carbons (Fsp3) is 0.455. The van der Waals surface area contributed by atoms with E-state index in [9.17, 15) is 18.5 Å². The van der Waals surface area contributed by atoms with Gasteiger partial charge in [-0.15, -0.1) is 0 Å². The Bertz CT molecular complexity index is 587. The van der Waals surface area contributed by atoms with Crippen LogP contribution in [0, 0.1) is 10.1 Å². The molecule has 0 radical (unpaired) electrons. The predicted molar refractivity (Wildman–Crippen MR) is 69.1 cm³/mol. The predicted octanol–water partition coefficient (Wildman–Crippen LogP) is 0.707. The van der Waals surface area contributed by atoms with E-state index < -0.39 is 14.9 Å². The van der Waals surface area contributed by atoms with Crippen LogP contribution in [0.15, 0.2) is 29.2 Å². The topological polar surface area (TPSA) is 107 Å². The molecule has 1 aromatic rings. The Morgan fingerprint density at radius 2 is 2.16 bits per heavy atom. The lowest BCUT2D eigenvalue weighted by molar-refractivity contribution is -0.385. The van der Waals surface area contributed by atoms with Crippen molar-refractivity contribution in [1.82, 2.24) is 4.31 Å². The van der Waals surface area contributed by atoms with Crippen LogP contribution in [0.25, 0.3) is 0 Å². The molecule has 0 saturated carbocycles. The number of non-ortho nitro benzene ring substituents is 1. The molecule has 2 N–H and O–H groups in total. The van der Waals surface area contributed by atoms with E-state index in [2.05, 4.69) is 0 Å². The van der Waals surface area contributed by atoms with Gasteiger partial charge in [0.25, 0.3) is 5.69 Å². The van der Waals surface area contributed by atoms with E-state index in [4.69, 9.17) is 5.73 Å². The third-order valence-corrected chi connectivity index (χ3v) is 4.95. The molecule has 19 heavy (non-hydrogen) atoms. The highest BCUT2D eigenvalue weighted by molar-refractivity contribution is 7.89. The molecule has 0 aliphatic carbocycles. The van der Waals surface area contributed by atoms with Crippen LogP contribution >= 0.6 is 0 Å². The van der Waals surface area contributed by atoms with Crippen molar-refractivity contribution >= 4 is 15.7 Å². The Morgan fingerprint density at radius 3 is 2.79 bits per heavy atom. The van der Waals surface area contributed by atoms with Crippen LogP contribution in [0.5, 0.6) is 0 Å². The van der Waals surface area contributed by atoms with Crippen molar-refractivity contribution in [3.8, 4) is 0 Å². The van der Waals surface area contributed by atoms with Crippen LogP contribution in [0.3, 0.4) is 0 Å². The smallest absolute Gasteiger partial charge is 0.270 e. The van der Waals surface area contributed by atoms with Crippen LogP contribution in [-0.2, 0) is 10.0 Å². The van der Waals surface area contributed by atoms with Crippen LogP contribution in [0.2, 0.25) is 0 Å². The van der Waals surface area contributed by atoms with Crippen molar-refractivity contribution < 1.29 is 13.3 Å². The van der Waals surface area contributed by atoms with Crippen molar-refractivity contribution in [3.63, 3.8) is 0 Å². The molecule has 1 unspecified atom stereocenters. The molecule has 1 saturated heterocycles. The van der Waals surface area contributed by atoms with Gasteiger partial charge in [-0.1, -0.05) is 6.07 Å². The molecule has 1 aliphatic rings. The van der Waals surface area contributed by atoms with Crippen molar-refractivity contribution in [2.75, 3.05) is 13.1 Å². The second-order valence-electron chi connectivity index (χ2n) is 4.52. The standard InChI is InChI=1S/C11H15N3O4S/c12-9-3-2-6-13(8-9)19(17,18)11-5-1-4-10(7-11)14(15)16/h1,4-5,7,9H,2-3,6,8,12H2. The average molecular weight is 285 g/mol. The van der Waals surface area contributed by atoms with Gasteiger partial charge in [0.1, 0.15) is 0 Å². The zero-order valence-electron chi connectivity index (χ0n) is 10.2. The summed E-state index contributed by atoms with van der Waals surface area (Å²) >= 11 is 0. The monoisotopic (exact) mass is 285 g/mol. The third kappa shape index (κ3) is 2.91.